The lowest BCUT2D eigenvalue weighted by Crippen LogP contribution is -2.58. The highest BCUT2D eigenvalue weighted by molar-refractivity contribution is 7.93. The Morgan fingerprint density at radius 3 is 2.23 bits per heavy atom. The van der Waals surface area contributed by atoms with E-state index in [1.165, 1.54) is 0 Å². The first-order chi connectivity index (χ1) is 11.6. The second kappa shape index (κ2) is 6.25. The van der Waals surface area contributed by atoms with E-state index in [4.69, 9.17) is 4.18 Å². The fraction of sp³-hybridized carbons (Fsp3) is 0.857. The first kappa shape index (κ1) is 21.3. The van der Waals surface area contributed by atoms with Crippen LogP contribution in [-0.4, -0.2) is 36.3 Å². The van der Waals surface area contributed by atoms with E-state index in [1.54, 1.807) is 0 Å². The molecule has 2 rings (SSSR count). The molecule has 0 aromatic rings. The maximum absolute atomic E-state index is 13.1. The topological polar surface area (TPSA) is 55.4 Å². The summed E-state index contributed by atoms with van der Waals surface area (Å²) in [7, 11) is 0. The molecule has 1 amide bonds. The van der Waals surface area contributed by atoms with Gasteiger partial charge in [-0.15, -0.1) is 0 Å². The van der Waals surface area contributed by atoms with Crippen molar-refractivity contribution in [2.45, 2.75) is 51.1 Å². The third-order valence-corrected chi connectivity index (χ3v) is 6.18. The Hall–Kier alpha value is -1.04. The number of hydrogen-bond acceptors (Lipinski definition) is 4. The molecular weight excluding hydrogens is 395 g/mol. The number of hydrogen-bond donors (Lipinski definition) is 1. The van der Waals surface area contributed by atoms with Crippen LogP contribution in [0.4, 0.5) is 30.7 Å². The average Bonchev–Trinajstić information content (AvgIpc) is 2.84. The van der Waals surface area contributed by atoms with Crippen LogP contribution in [0, 0.1) is 16.7 Å². The molecule has 2 fully saturated rings. The van der Waals surface area contributed by atoms with Crippen molar-refractivity contribution in [1.82, 2.24) is 4.72 Å². The first-order valence-corrected chi connectivity index (χ1v) is 8.30. The first-order valence-electron chi connectivity index (χ1n) is 7.56. The number of amides is 1. The monoisotopic (exact) mass is 411 g/mol. The van der Waals surface area contributed by atoms with Gasteiger partial charge < -0.3 is 0 Å². The van der Waals surface area contributed by atoms with Crippen LogP contribution in [0.5, 0.6) is 0 Å². The summed E-state index contributed by atoms with van der Waals surface area (Å²) in [6.07, 6.45) is -5.02. The molecule has 26 heavy (non-hydrogen) atoms. The van der Waals surface area contributed by atoms with Crippen LogP contribution >= 0.6 is 12.2 Å². The van der Waals surface area contributed by atoms with Crippen LogP contribution in [0.1, 0.15) is 33.1 Å². The van der Waals surface area contributed by atoms with E-state index in [2.05, 4.69) is 0 Å². The van der Waals surface area contributed by atoms with Crippen molar-refractivity contribution in [3.05, 3.63) is 0 Å². The molecule has 2 bridgehead atoms. The summed E-state index contributed by atoms with van der Waals surface area (Å²) < 4.78 is 93.9. The molecule has 0 saturated heterocycles. The van der Waals surface area contributed by atoms with Crippen molar-refractivity contribution < 1.29 is 44.5 Å². The number of alkyl halides is 7. The standard InChI is InChI=1S/C14H16F7NO3S/c1-10(2)7-3-4-11(10,8(23)5-7)6-25-26-22-9(24)12(15,16)13(17,18)14(19,20)21/h7H,3-6H2,1-2H3,(H,22,24). The third kappa shape index (κ3) is 2.88. The van der Waals surface area contributed by atoms with Gasteiger partial charge in [0.25, 0.3) is 0 Å². The van der Waals surface area contributed by atoms with Gasteiger partial charge in [-0.05, 0) is 24.2 Å². The number of halogens is 7. The summed E-state index contributed by atoms with van der Waals surface area (Å²) in [6, 6.07) is 0. The maximum Gasteiger partial charge on any atom is 0.460 e. The van der Waals surface area contributed by atoms with Crippen molar-refractivity contribution >= 4 is 23.9 Å². The number of carbonyl (C=O) groups excluding carboxylic acids is 2. The summed E-state index contributed by atoms with van der Waals surface area (Å²) in [6.45, 7) is 3.42. The predicted molar refractivity (Wildman–Crippen MR) is 76.2 cm³/mol. The Kier molecular flexibility index (Phi) is 5.11. The Bertz CT molecular complexity index is 608. The lowest BCUT2D eigenvalue weighted by Gasteiger charge is -2.35. The quantitative estimate of drug-likeness (QED) is 0.312. The fourth-order valence-electron chi connectivity index (χ4n) is 3.69. The Balaban J connectivity index is 1.94. The largest absolute Gasteiger partial charge is 0.460 e. The summed E-state index contributed by atoms with van der Waals surface area (Å²) in [5.41, 5.74) is -1.32. The SMILES string of the molecule is CC1(C)C2CCC1(COSNC(=O)C(F)(F)C(F)(F)C(F)(F)F)C(=O)C2. The second-order valence-corrected chi connectivity index (χ2v) is 7.70. The van der Waals surface area contributed by atoms with E-state index >= 15 is 0 Å². The van der Waals surface area contributed by atoms with E-state index in [1.807, 2.05) is 13.8 Å². The highest BCUT2D eigenvalue weighted by Gasteiger charge is 2.76. The van der Waals surface area contributed by atoms with Gasteiger partial charge in [0.15, 0.2) is 0 Å². The van der Waals surface area contributed by atoms with Gasteiger partial charge in [0.05, 0.1) is 12.0 Å². The molecule has 12 heteroatoms. The number of Topliss-reactive ketones (excluding diaryl/α,β-unsaturated/α-hetero) is 1. The lowest BCUT2D eigenvalue weighted by molar-refractivity contribution is -0.343. The molecule has 2 atom stereocenters. The number of rotatable bonds is 6. The highest BCUT2D eigenvalue weighted by atomic mass is 32.2. The van der Waals surface area contributed by atoms with Crippen LogP contribution in [0.25, 0.3) is 0 Å². The van der Waals surface area contributed by atoms with Gasteiger partial charge in [-0.1, -0.05) is 13.8 Å². The minimum atomic E-state index is -6.60. The number of carbonyl (C=O) groups is 2. The minimum Gasteiger partial charge on any atom is -0.299 e. The molecule has 1 N–H and O–H groups in total. The fourth-order valence-corrected chi connectivity index (χ4v) is 4.21. The smallest absolute Gasteiger partial charge is 0.299 e. The molecule has 0 radical (unpaired) electrons. The van der Waals surface area contributed by atoms with E-state index in [9.17, 15) is 40.3 Å². The van der Waals surface area contributed by atoms with Gasteiger partial charge in [-0.2, -0.15) is 30.7 Å². The van der Waals surface area contributed by atoms with Gasteiger partial charge in [0.2, 0.25) is 0 Å². The maximum atomic E-state index is 13.1. The molecule has 2 aliphatic carbocycles. The molecule has 0 spiro atoms. The van der Waals surface area contributed by atoms with Crippen LogP contribution in [-0.2, 0) is 13.8 Å². The van der Waals surface area contributed by atoms with Crippen LogP contribution < -0.4 is 4.72 Å². The van der Waals surface area contributed by atoms with Crippen LogP contribution in [0.2, 0.25) is 0 Å². The van der Waals surface area contributed by atoms with E-state index < -0.39 is 34.8 Å². The third-order valence-electron chi connectivity index (χ3n) is 5.67. The molecule has 0 aromatic heterocycles. The molecule has 2 unspecified atom stereocenters. The summed E-state index contributed by atoms with van der Waals surface area (Å²) in [5, 5.41) is 0. The molecule has 4 nitrogen and oxygen atoms in total. The van der Waals surface area contributed by atoms with Crippen molar-refractivity contribution in [2.24, 2.45) is 16.7 Å². The van der Waals surface area contributed by atoms with Gasteiger partial charge in [0.1, 0.15) is 18.0 Å². The molecular formula is C14H16F7NO3S. The zero-order valence-electron chi connectivity index (χ0n) is 13.7. The van der Waals surface area contributed by atoms with E-state index in [0.717, 1.165) is 11.1 Å². The molecule has 2 aliphatic rings. The minimum absolute atomic E-state index is 0.0837. The number of fused-ring (bicyclic) bond motifs is 2. The van der Waals surface area contributed by atoms with E-state index in [-0.39, 0.29) is 30.5 Å². The average molecular weight is 411 g/mol. The van der Waals surface area contributed by atoms with Gasteiger partial charge in [-0.3, -0.25) is 18.5 Å². The Morgan fingerprint density at radius 1 is 1.23 bits per heavy atom. The van der Waals surface area contributed by atoms with E-state index in [0.29, 0.717) is 12.8 Å². The molecule has 0 aliphatic heterocycles. The number of nitrogens with one attached hydrogen (secondary N) is 1. The molecule has 0 aromatic carbocycles. The Morgan fingerprint density at radius 2 is 1.81 bits per heavy atom. The normalized spacial score (nSPS) is 28.5. The van der Waals surface area contributed by atoms with Crippen molar-refractivity contribution in [3.8, 4) is 0 Å². The Labute approximate surface area is 148 Å². The van der Waals surface area contributed by atoms with Gasteiger partial charge >= 0.3 is 23.9 Å². The number of ketones is 1. The lowest BCUT2D eigenvalue weighted by atomic mass is 9.69. The van der Waals surface area contributed by atoms with Gasteiger partial charge in [0, 0.05) is 6.42 Å². The summed E-state index contributed by atoms with van der Waals surface area (Å²) >= 11 is -0.195. The van der Waals surface area contributed by atoms with Crippen LogP contribution in [0.15, 0.2) is 0 Å². The van der Waals surface area contributed by atoms with Crippen LogP contribution in [0.3, 0.4) is 0 Å². The second-order valence-electron chi connectivity index (χ2n) is 7.09. The van der Waals surface area contributed by atoms with Crippen molar-refractivity contribution in [1.29, 1.82) is 0 Å². The predicted octanol–water partition coefficient (Wildman–Crippen LogP) is 3.91. The highest BCUT2D eigenvalue weighted by Crippen LogP contribution is 2.64. The molecule has 0 heterocycles. The summed E-state index contributed by atoms with van der Waals surface area (Å²) in [4.78, 5) is 23.3. The zero-order valence-corrected chi connectivity index (χ0v) is 14.5. The van der Waals surface area contributed by atoms with Crippen molar-refractivity contribution in [3.63, 3.8) is 0 Å². The van der Waals surface area contributed by atoms with Crippen molar-refractivity contribution in [2.75, 3.05) is 6.61 Å². The molecule has 150 valence electrons. The summed E-state index contributed by atoms with van der Waals surface area (Å²) in [5.74, 6) is -15.3. The zero-order chi connectivity index (χ0) is 20.2. The van der Waals surface area contributed by atoms with Gasteiger partial charge in [-0.25, -0.2) is 0 Å². The molecule has 2 saturated carbocycles.